The lowest BCUT2D eigenvalue weighted by Crippen LogP contribution is -2.08. The lowest BCUT2D eigenvalue weighted by molar-refractivity contribution is -0.137. The number of rotatable bonds is 15. The fourth-order valence-corrected chi connectivity index (χ4v) is 5.26. The van der Waals surface area contributed by atoms with Crippen molar-refractivity contribution < 1.29 is 32.2 Å². The highest BCUT2D eigenvalue weighted by Gasteiger charge is 2.30. The van der Waals surface area contributed by atoms with Gasteiger partial charge in [0.05, 0.1) is 24.3 Å². The van der Waals surface area contributed by atoms with E-state index in [0.717, 1.165) is 65.4 Å². The van der Waals surface area contributed by atoms with E-state index >= 15 is 0 Å². The Hall–Kier alpha value is -5.22. The zero-order valence-electron chi connectivity index (χ0n) is 26.4. The minimum Gasteiger partial charge on any atom is -0.462 e. The number of unbranched alkanes of at least 4 members (excludes halogenated alkanes) is 3. The summed E-state index contributed by atoms with van der Waals surface area (Å²) in [5.74, 6) is 0.759. The van der Waals surface area contributed by atoms with E-state index in [1.54, 1.807) is 18.2 Å². The number of nitrogens with one attached hydrogen (secondary N) is 1. The molecule has 0 unspecified atom stereocenters. The molecule has 0 fully saturated rings. The number of alkyl halides is 3. The Morgan fingerprint density at radius 3 is 2.21 bits per heavy atom. The number of carbonyl (C=O) groups is 1. The molecule has 48 heavy (non-hydrogen) atoms. The predicted octanol–water partition coefficient (Wildman–Crippen LogP) is 9.18. The van der Waals surface area contributed by atoms with E-state index < -0.39 is 17.7 Å². The number of aromatic nitrogens is 1. The van der Waals surface area contributed by atoms with E-state index in [1.165, 1.54) is 12.1 Å². The van der Waals surface area contributed by atoms with Gasteiger partial charge in [-0.3, -0.25) is 0 Å². The van der Waals surface area contributed by atoms with Crippen LogP contribution in [0.3, 0.4) is 0 Å². The first kappa shape index (κ1) is 34.1. The van der Waals surface area contributed by atoms with Crippen LogP contribution in [0.25, 0.3) is 17.0 Å². The van der Waals surface area contributed by atoms with Gasteiger partial charge in [-0.15, -0.1) is 0 Å². The molecule has 0 atom stereocenters. The Morgan fingerprint density at radius 2 is 1.50 bits per heavy atom. The molecule has 5 aromatic rings. The molecule has 0 amide bonds. The molecule has 7 nitrogen and oxygen atoms in total. The molecule has 0 aliphatic carbocycles. The van der Waals surface area contributed by atoms with Crippen LogP contribution in [-0.4, -0.2) is 30.8 Å². The molecule has 250 valence electrons. The van der Waals surface area contributed by atoms with Gasteiger partial charge in [-0.05, 0) is 78.9 Å². The topological polar surface area (TPSA) is 113 Å². The number of esters is 1. The van der Waals surface area contributed by atoms with Gasteiger partial charge in [-0.1, -0.05) is 61.0 Å². The third kappa shape index (κ3) is 9.65. The van der Waals surface area contributed by atoms with Crippen LogP contribution >= 0.6 is 0 Å². The van der Waals surface area contributed by atoms with Crippen molar-refractivity contribution in [1.82, 2.24) is 4.98 Å². The van der Waals surface area contributed by atoms with Crippen molar-refractivity contribution in [2.75, 3.05) is 31.3 Å². The summed E-state index contributed by atoms with van der Waals surface area (Å²) in [6, 6.07) is 25.3. The minimum atomic E-state index is -4.37. The van der Waals surface area contributed by atoms with E-state index in [-0.39, 0.29) is 0 Å². The van der Waals surface area contributed by atoms with Gasteiger partial charge in [0.2, 0.25) is 5.88 Å². The molecule has 0 bridgehead atoms. The second-order valence-electron chi connectivity index (χ2n) is 11.4. The van der Waals surface area contributed by atoms with Crippen molar-refractivity contribution in [2.45, 2.75) is 38.3 Å². The number of nitrogens with two attached hydrogens (primary N) is 2. The van der Waals surface area contributed by atoms with E-state index in [0.29, 0.717) is 54.8 Å². The number of para-hydroxylation sites is 1. The van der Waals surface area contributed by atoms with Crippen LogP contribution in [-0.2, 0) is 22.1 Å². The number of hydrogen-bond donors (Lipinski definition) is 3. The van der Waals surface area contributed by atoms with Crippen LogP contribution < -0.4 is 16.2 Å². The van der Waals surface area contributed by atoms with Gasteiger partial charge in [0.1, 0.15) is 5.75 Å². The summed E-state index contributed by atoms with van der Waals surface area (Å²) in [6.45, 7) is 1.47. The molecule has 0 aliphatic heterocycles. The molecule has 1 aromatic heterocycles. The third-order valence-electron chi connectivity index (χ3n) is 7.69. The Kier molecular flexibility index (Phi) is 11.4. The van der Waals surface area contributed by atoms with Crippen LogP contribution in [0.1, 0.15) is 58.3 Å². The Bertz CT molecular complexity index is 1810. The molecule has 1 heterocycles. The summed E-state index contributed by atoms with van der Waals surface area (Å²) in [5, 5.41) is 0.953. The zero-order chi connectivity index (χ0) is 33.9. The summed E-state index contributed by atoms with van der Waals surface area (Å²) in [7, 11) is 0. The summed E-state index contributed by atoms with van der Waals surface area (Å²) in [6.07, 6.45) is 3.54. The van der Waals surface area contributed by atoms with Crippen LogP contribution in [0.4, 0.5) is 24.5 Å². The Morgan fingerprint density at radius 1 is 0.812 bits per heavy atom. The van der Waals surface area contributed by atoms with Crippen molar-refractivity contribution in [3.63, 3.8) is 0 Å². The van der Waals surface area contributed by atoms with Crippen LogP contribution in [0, 0.1) is 0 Å². The number of benzene rings is 4. The average molecular weight is 658 g/mol. The van der Waals surface area contributed by atoms with Crippen LogP contribution in [0.2, 0.25) is 0 Å². The van der Waals surface area contributed by atoms with E-state index in [4.69, 9.17) is 25.7 Å². The van der Waals surface area contributed by atoms with Crippen molar-refractivity contribution in [2.24, 2.45) is 0 Å². The monoisotopic (exact) mass is 657 g/mol. The van der Waals surface area contributed by atoms with E-state index in [9.17, 15) is 18.0 Å². The third-order valence-corrected chi connectivity index (χ3v) is 7.69. The summed E-state index contributed by atoms with van der Waals surface area (Å²) in [5.41, 5.74) is 15.5. The first-order valence-electron chi connectivity index (χ1n) is 15.8. The Labute approximate surface area is 277 Å². The average Bonchev–Trinajstić information content (AvgIpc) is 3.40. The normalized spacial score (nSPS) is 11.7. The van der Waals surface area contributed by atoms with Crippen molar-refractivity contribution >= 4 is 34.3 Å². The second kappa shape index (κ2) is 16.1. The summed E-state index contributed by atoms with van der Waals surface area (Å²) < 4.78 is 56.3. The van der Waals surface area contributed by atoms with Gasteiger partial charge in [0.15, 0.2) is 0 Å². The summed E-state index contributed by atoms with van der Waals surface area (Å²) in [4.78, 5) is 15.4. The lowest BCUT2D eigenvalue weighted by Gasteiger charge is -2.10. The molecule has 0 radical (unpaired) electrons. The number of aromatic amines is 1. The van der Waals surface area contributed by atoms with Crippen LogP contribution in [0.15, 0.2) is 97.1 Å². The molecule has 4 aromatic carbocycles. The molecular formula is C38H38F3N3O4. The number of halogens is 3. The molecule has 0 spiro atoms. The first-order valence-corrected chi connectivity index (χ1v) is 15.8. The molecule has 0 saturated carbocycles. The maximum absolute atomic E-state index is 13.0. The highest BCUT2D eigenvalue weighted by Crippen LogP contribution is 2.34. The number of ether oxygens (including phenoxy) is 3. The maximum atomic E-state index is 13.0. The van der Waals surface area contributed by atoms with Gasteiger partial charge in [-0.25, -0.2) is 4.79 Å². The molecule has 5 rings (SSSR count). The SMILES string of the molecule is Nc1cc(N)cc(C(=O)OCCCCCCOC/C=C/c2ccc(Oc3[nH]c4ccccc4c3Cc3ccc(C(F)(F)F)cc3)cc2)c1. The van der Waals surface area contributed by atoms with Gasteiger partial charge in [0, 0.05) is 40.9 Å². The van der Waals surface area contributed by atoms with Crippen molar-refractivity contribution in [3.8, 4) is 11.6 Å². The summed E-state index contributed by atoms with van der Waals surface area (Å²) >= 11 is 0. The minimum absolute atomic E-state index is 0.340. The molecule has 10 heteroatoms. The molecular weight excluding hydrogens is 619 g/mol. The zero-order valence-corrected chi connectivity index (χ0v) is 26.4. The lowest BCUT2D eigenvalue weighted by atomic mass is 10.0. The second-order valence-corrected chi connectivity index (χ2v) is 11.4. The van der Waals surface area contributed by atoms with Crippen molar-refractivity contribution in [1.29, 1.82) is 0 Å². The molecule has 0 aliphatic rings. The standard InChI is InChI=1S/C38H38F3N3O4/c39-38(40,41)29-15-11-27(12-16-29)22-34-33-9-3-4-10-35(33)44-36(34)48-32-17-13-26(14-18-32)8-7-20-46-19-5-1-2-6-21-47-37(45)28-23-30(42)25-31(43)24-28/h3-4,7-18,23-25,44H,1-2,5-6,19-22,42-43H2/b8-7+. The van der Waals surface area contributed by atoms with Gasteiger partial charge >= 0.3 is 12.1 Å². The van der Waals surface area contributed by atoms with Gasteiger partial charge < -0.3 is 30.7 Å². The van der Waals surface area contributed by atoms with Gasteiger partial charge in [0.25, 0.3) is 0 Å². The predicted molar refractivity (Wildman–Crippen MR) is 183 cm³/mol. The number of carbonyl (C=O) groups excluding carboxylic acids is 1. The first-order chi connectivity index (χ1) is 23.2. The number of H-pyrrole nitrogens is 1. The largest absolute Gasteiger partial charge is 0.462 e. The smallest absolute Gasteiger partial charge is 0.416 e. The number of hydrogen-bond acceptors (Lipinski definition) is 6. The van der Waals surface area contributed by atoms with E-state index in [2.05, 4.69) is 4.98 Å². The van der Waals surface area contributed by atoms with Crippen molar-refractivity contribution in [3.05, 3.63) is 125 Å². The molecule has 5 N–H and O–H groups in total. The fourth-order valence-electron chi connectivity index (χ4n) is 5.26. The highest BCUT2D eigenvalue weighted by molar-refractivity contribution is 5.91. The quantitative estimate of drug-likeness (QED) is 0.0588. The fraction of sp³-hybridized carbons (Fsp3) is 0.237. The number of nitrogen functional groups attached to an aromatic ring is 2. The highest BCUT2D eigenvalue weighted by atomic mass is 19.4. The van der Waals surface area contributed by atoms with Crippen LogP contribution in [0.5, 0.6) is 11.6 Å². The van der Waals surface area contributed by atoms with E-state index in [1.807, 2.05) is 60.7 Å². The molecule has 0 saturated heterocycles. The van der Waals surface area contributed by atoms with Gasteiger partial charge in [-0.2, -0.15) is 13.2 Å². The number of anilines is 2. The number of fused-ring (bicyclic) bond motifs is 1. The Balaban J connectivity index is 1.03. The maximum Gasteiger partial charge on any atom is 0.416 e.